The van der Waals surface area contributed by atoms with Gasteiger partial charge in [0, 0.05) is 37.6 Å². The van der Waals surface area contributed by atoms with Crippen LogP contribution in [0.3, 0.4) is 0 Å². The highest BCUT2D eigenvalue weighted by atomic mass is 16.2. The first-order valence-corrected chi connectivity index (χ1v) is 10.7. The lowest BCUT2D eigenvalue weighted by Gasteiger charge is -2.32. The summed E-state index contributed by atoms with van der Waals surface area (Å²) >= 11 is 0. The molecular formula is C23H37N3O2. The number of amides is 2. The van der Waals surface area contributed by atoms with Crippen LogP contribution in [-0.2, 0) is 9.59 Å². The third-order valence-electron chi connectivity index (χ3n) is 5.65. The lowest BCUT2D eigenvalue weighted by atomic mass is 9.90. The summed E-state index contributed by atoms with van der Waals surface area (Å²) in [5.41, 5.74) is 0.835. The minimum absolute atomic E-state index is 0.104. The molecule has 5 nitrogen and oxygen atoms in total. The van der Waals surface area contributed by atoms with Gasteiger partial charge in [0.1, 0.15) is 5.41 Å². The van der Waals surface area contributed by atoms with Crippen LogP contribution in [0.1, 0.15) is 60.3 Å². The molecular weight excluding hydrogens is 350 g/mol. The smallest absolute Gasteiger partial charge is 0.239 e. The van der Waals surface area contributed by atoms with E-state index in [9.17, 15) is 9.59 Å². The molecule has 0 bridgehead atoms. The monoisotopic (exact) mass is 387 g/mol. The lowest BCUT2D eigenvalue weighted by molar-refractivity contribution is -0.146. The predicted molar refractivity (Wildman–Crippen MR) is 117 cm³/mol. The number of nitrogens with one attached hydrogen (secondary N) is 1. The van der Waals surface area contributed by atoms with E-state index in [2.05, 4.69) is 29.3 Å². The summed E-state index contributed by atoms with van der Waals surface area (Å²) in [6, 6.07) is 7.98. The summed E-state index contributed by atoms with van der Waals surface area (Å²) in [7, 11) is 0. The van der Waals surface area contributed by atoms with Crippen molar-refractivity contribution in [2.24, 2.45) is 11.3 Å². The minimum atomic E-state index is -1.09. The second-order valence-electron chi connectivity index (χ2n) is 8.59. The first kappa shape index (κ1) is 22.3. The van der Waals surface area contributed by atoms with Crippen LogP contribution in [0.15, 0.2) is 24.3 Å². The van der Waals surface area contributed by atoms with Gasteiger partial charge in [0.05, 0.1) is 0 Å². The van der Waals surface area contributed by atoms with Crippen LogP contribution in [0.5, 0.6) is 0 Å². The van der Waals surface area contributed by atoms with Gasteiger partial charge in [-0.2, -0.15) is 0 Å². The molecule has 1 saturated heterocycles. The van der Waals surface area contributed by atoms with Gasteiger partial charge in [0.2, 0.25) is 11.8 Å². The Morgan fingerprint density at radius 1 is 1.07 bits per heavy atom. The molecule has 1 aliphatic rings. The average Bonchev–Trinajstić information content (AvgIpc) is 2.68. The number of nitrogens with zero attached hydrogens (tertiary/aromatic N) is 2. The fourth-order valence-electron chi connectivity index (χ4n) is 3.66. The van der Waals surface area contributed by atoms with Crippen molar-refractivity contribution >= 4 is 23.2 Å². The van der Waals surface area contributed by atoms with E-state index < -0.39 is 5.41 Å². The van der Waals surface area contributed by atoms with E-state index in [1.165, 1.54) is 18.5 Å². The molecule has 1 heterocycles. The molecule has 0 spiro atoms. The number of hydrogen-bond donors (Lipinski definition) is 1. The Morgan fingerprint density at radius 3 is 2.11 bits per heavy atom. The van der Waals surface area contributed by atoms with E-state index in [-0.39, 0.29) is 11.8 Å². The van der Waals surface area contributed by atoms with Gasteiger partial charge in [0.25, 0.3) is 0 Å². The van der Waals surface area contributed by atoms with Gasteiger partial charge >= 0.3 is 0 Å². The van der Waals surface area contributed by atoms with Crippen LogP contribution >= 0.6 is 0 Å². The van der Waals surface area contributed by atoms with Crippen LogP contribution in [0.4, 0.5) is 11.4 Å². The Morgan fingerprint density at radius 2 is 1.61 bits per heavy atom. The zero-order chi connectivity index (χ0) is 20.7. The number of rotatable bonds is 8. The molecule has 2 amide bonds. The lowest BCUT2D eigenvalue weighted by Crippen LogP contribution is -2.47. The average molecular weight is 388 g/mol. The van der Waals surface area contributed by atoms with Gasteiger partial charge in [0.15, 0.2) is 0 Å². The quantitative estimate of drug-likeness (QED) is 0.667. The van der Waals surface area contributed by atoms with Crippen molar-refractivity contribution in [1.29, 1.82) is 0 Å². The Hall–Kier alpha value is -2.04. The van der Waals surface area contributed by atoms with Gasteiger partial charge in [-0.25, -0.2) is 0 Å². The van der Waals surface area contributed by atoms with Gasteiger partial charge in [-0.1, -0.05) is 20.8 Å². The number of hydrogen-bond acceptors (Lipinski definition) is 3. The molecule has 2 rings (SSSR count). The molecule has 0 saturated carbocycles. The van der Waals surface area contributed by atoms with E-state index in [4.69, 9.17) is 0 Å². The molecule has 0 atom stereocenters. The Balaban J connectivity index is 2.01. The van der Waals surface area contributed by atoms with Gasteiger partial charge < -0.3 is 15.1 Å². The van der Waals surface area contributed by atoms with Crippen LogP contribution in [-0.4, -0.2) is 42.9 Å². The topological polar surface area (TPSA) is 52.7 Å². The molecule has 1 fully saturated rings. The highest BCUT2D eigenvalue weighted by Gasteiger charge is 2.38. The maximum Gasteiger partial charge on any atom is 0.239 e. The van der Waals surface area contributed by atoms with E-state index in [0.717, 1.165) is 37.5 Å². The summed E-state index contributed by atoms with van der Waals surface area (Å²) in [5, 5.41) is 2.93. The zero-order valence-electron chi connectivity index (χ0n) is 18.3. The SMILES string of the molecule is CCCN(CCC)C(=O)C(C)(C)C(=O)Nc1ccc(N2CCC(C)CC2)cc1. The van der Waals surface area contributed by atoms with Crippen LogP contribution in [0, 0.1) is 11.3 Å². The number of carbonyl (C=O) groups is 2. The molecule has 1 aliphatic heterocycles. The second-order valence-corrected chi connectivity index (χ2v) is 8.59. The Kier molecular flexibility index (Phi) is 7.90. The summed E-state index contributed by atoms with van der Waals surface area (Å²) in [5.74, 6) is 0.441. The van der Waals surface area contributed by atoms with Crippen molar-refractivity contribution in [3.05, 3.63) is 24.3 Å². The fraction of sp³-hybridized carbons (Fsp3) is 0.652. The van der Waals surface area contributed by atoms with E-state index >= 15 is 0 Å². The molecule has 1 aromatic rings. The second kappa shape index (κ2) is 9.94. The van der Waals surface area contributed by atoms with Crippen molar-refractivity contribution in [3.8, 4) is 0 Å². The first-order chi connectivity index (χ1) is 13.3. The molecule has 28 heavy (non-hydrogen) atoms. The molecule has 0 aliphatic carbocycles. The van der Waals surface area contributed by atoms with Gasteiger partial charge in [-0.3, -0.25) is 9.59 Å². The minimum Gasteiger partial charge on any atom is -0.372 e. The fourth-order valence-corrected chi connectivity index (χ4v) is 3.66. The normalized spacial score (nSPS) is 15.4. The summed E-state index contributed by atoms with van der Waals surface area (Å²) in [6.07, 6.45) is 4.22. The number of piperidine rings is 1. The molecule has 0 aromatic heterocycles. The van der Waals surface area contributed by atoms with E-state index in [1.54, 1.807) is 18.7 Å². The largest absolute Gasteiger partial charge is 0.372 e. The number of carbonyl (C=O) groups excluding carboxylic acids is 2. The molecule has 1 N–H and O–H groups in total. The maximum atomic E-state index is 12.9. The Labute approximate surface area is 170 Å². The Bertz CT molecular complexity index is 640. The van der Waals surface area contributed by atoms with Crippen LogP contribution < -0.4 is 10.2 Å². The van der Waals surface area contributed by atoms with Crippen molar-refractivity contribution in [1.82, 2.24) is 4.90 Å². The van der Waals surface area contributed by atoms with Crippen molar-refractivity contribution in [2.75, 3.05) is 36.4 Å². The van der Waals surface area contributed by atoms with Crippen molar-refractivity contribution < 1.29 is 9.59 Å². The standard InChI is InChI=1S/C23H37N3O2/c1-6-14-26(15-7-2)22(28)23(4,5)21(27)24-19-8-10-20(11-9-19)25-16-12-18(3)13-17-25/h8-11,18H,6-7,12-17H2,1-5H3,(H,24,27). The van der Waals surface area contributed by atoms with E-state index in [1.807, 2.05) is 26.0 Å². The zero-order valence-corrected chi connectivity index (χ0v) is 18.3. The van der Waals surface area contributed by atoms with Crippen LogP contribution in [0.25, 0.3) is 0 Å². The third-order valence-corrected chi connectivity index (χ3v) is 5.65. The predicted octanol–water partition coefficient (Wildman–Crippen LogP) is 4.54. The summed E-state index contributed by atoms with van der Waals surface area (Å²) in [6.45, 7) is 13.4. The molecule has 0 unspecified atom stereocenters. The number of benzene rings is 1. The van der Waals surface area contributed by atoms with Crippen LogP contribution in [0.2, 0.25) is 0 Å². The molecule has 1 aromatic carbocycles. The number of anilines is 2. The molecule has 5 heteroatoms. The van der Waals surface area contributed by atoms with Crippen molar-refractivity contribution in [2.45, 2.75) is 60.3 Å². The summed E-state index contributed by atoms with van der Waals surface area (Å²) < 4.78 is 0. The molecule has 0 radical (unpaired) electrons. The molecule has 156 valence electrons. The van der Waals surface area contributed by atoms with E-state index in [0.29, 0.717) is 13.1 Å². The summed E-state index contributed by atoms with van der Waals surface area (Å²) in [4.78, 5) is 30.0. The van der Waals surface area contributed by atoms with Gasteiger partial charge in [-0.05, 0) is 69.7 Å². The first-order valence-electron chi connectivity index (χ1n) is 10.7. The van der Waals surface area contributed by atoms with Gasteiger partial charge in [-0.15, -0.1) is 0 Å². The highest BCUT2D eigenvalue weighted by molar-refractivity contribution is 6.09. The third kappa shape index (κ3) is 5.49. The maximum absolute atomic E-state index is 12.9. The highest BCUT2D eigenvalue weighted by Crippen LogP contribution is 2.26. The van der Waals surface area contributed by atoms with Crippen molar-refractivity contribution in [3.63, 3.8) is 0 Å².